The lowest BCUT2D eigenvalue weighted by Crippen LogP contribution is -2.16. The number of para-hydroxylation sites is 1. The molecule has 1 aromatic rings. The van der Waals surface area contributed by atoms with E-state index in [9.17, 15) is 8.42 Å². The maximum atomic E-state index is 11.0. The van der Waals surface area contributed by atoms with Crippen LogP contribution < -0.4 is 5.32 Å². The van der Waals surface area contributed by atoms with E-state index in [4.69, 9.17) is 0 Å². The van der Waals surface area contributed by atoms with Crippen LogP contribution in [0.3, 0.4) is 0 Å². The number of benzene rings is 1. The molecule has 0 aromatic heterocycles. The lowest BCUT2D eigenvalue weighted by molar-refractivity contribution is 0.591. The molecule has 4 heteroatoms. The molecule has 1 heterocycles. The molecule has 16 heavy (non-hydrogen) atoms. The molecule has 0 fully saturated rings. The Kier molecular flexibility index (Phi) is 3.19. The third kappa shape index (κ3) is 2.98. The highest BCUT2D eigenvalue weighted by Crippen LogP contribution is 2.26. The predicted octanol–water partition coefficient (Wildman–Crippen LogP) is 1.85. The minimum Gasteiger partial charge on any atom is -0.382 e. The highest BCUT2D eigenvalue weighted by Gasteiger charge is 2.19. The minimum atomic E-state index is -2.81. The molecule has 0 saturated heterocycles. The molecule has 0 aliphatic carbocycles. The van der Waals surface area contributed by atoms with E-state index in [2.05, 4.69) is 17.4 Å². The zero-order valence-electron chi connectivity index (χ0n) is 9.44. The number of anilines is 1. The Balaban J connectivity index is 1.84. The summed E-state index contributed by atoms with van der Waals surface area (Å²) in [5.74, 6) is 0.293. The summed E-state index contributed by atoms with van der Waals surface area (Å²) in [6, 6.07) is 8.66. The summed E-state index contributed by atoms with van der Waals surface area (Å²) in [7, 11) is -2.81. The first-order valence-electron chi connectivity index (χ1n) is 5.57. The smallest absolute Gasteiger partial charge is 0.147 e. The van der Waals surface area contributed by atoms with Crippen LogP contribution in [0.15, 0.2) is 24.3 Å². The largest absolute Gasteiger partial charge is 0.382 e. The molecular weight excluding hydrogens is 222 g/mol. The van der Waals surface area contributed by atoms with Gasteiger partial charge >= 0.3 is 0 Å². The quantitative estimate of drug-likeness (QED) is 0.872. The van der Waals surface area contributed by atoms with E-state index in [0.29, 0.717) is 11.8 Å². The monoisotopic (exact) mass is 239 g/mol. The Labute approximate surface area is 96.8 Å². The molecular formula is C12H17NO2S. The fraction of sp³-hybridized carbons (Fsp3) is 0.500. The first-order chi connectivity index (χ1) is 7.54. The highest BCUT2D eigenvalue weighted by atomic mass is 32.2. The van der Waals surface area contributed by atoms with Crippen molar-refractivity contribution in [1.29, 1.82) is 0 Å². The van der Waals surface area contributed by atoms with Gasteiger partial charge in [-0.1, -0.05) is 18.2 Å². The van der Waals surface area contributed by atoms with Crippen LogP contribution in [0.25, 0.3) is 0 Å². The van der Waals surface area contributed by atoms with Crippen molar-refractivity contribution in [1.82, 2.24) is 0 Å². The minimum absolute atomic E-state index is 0.293. The van der Waals surface area contributed by atoms with Gasteiger partial charge in [-0.25, -0.2) is 8.42 Å². The molecule has 1 atom stereocenters. The highest BCUT2D eigenvalue weighted by molar-refractivity contribution is 7.90. The van der Waals surface area contributed by atoms with Crippen LogP contribution in [0.4, 0.5) is 5.69 Å². The summed E-state index contributed by atoms with van der Waals surface area (Å²) in [5.41, 5.74) is 2.54. The van der Waals surface area contributed by atoms with E-state index in [1.165, 1.54) is 17.5 Å². The Bertz CT molecular complexity index is 443. The lowest BCUT2D eigenvalue weighted by atomic mass is 10.1. The topological polar surface area (TPSA) is 46.2 Å². The van der Waals surface area contributed by atoms with Gasteiger partial charge in [-0.3, -0.25) is 0 Å². The van der Waals surface area contributed by atoms with Gasteiger partial charge in [0.15, 0.2) is 0 Å². The lowest BCUT2D eigenvalue weighted by Gasteiger charge is -2.10. The Hall–Kier alpha value is -1.03. The Morgan fingerprint density at radius 2 is 2.12 bits per heavy atom. The third-order valence-corrected chi connectivity index (χ3v) is 3.94. The SMILES string of the molecule is CS(=O)(=O)CCCC1Cc2ccccc2N1. The van der Waals surface area contributed by atoms with Gasteiger partial charge in [0, 0.05) is 23.7 Å². The summed E-state index contributed by atoms with van der Waals surface area (Å²) in [6.07, 6.45) is 3.97. The second kappa shape index (κ2) is 4.45. The molecule has 1 aromatic carbocycles. The second-order valence-electron chi connectivity index (χ2n) is 4.47. The first kappa shape index (κ1) is 11.5. The van der Waals surface area contributed by atoms with Crippen molar-refractivity contribution in [3.8, 4) is 0 Å². The molecule has 0 bridgehead atoms. The zero-order valence-corrected chi connectivity index (χ0v) is 10.3. The van der Waals surface area contributed by atoms with Crippen molar-refractivity contribution in [2.75, 3.05) is 17.3 Å². The van der Waals surface area contributed by atoms with Crippen LogP contribution in [0.5, 0.6) is 0 Å². The van der Waals surface area contributed by atoms with Crippen molar-refractivity contribution in [2.24, 2.45) is 0 Å². The van der Waals surface area contributed by atoms with Crippen molar-refractivity contribution in [3.63, 3.8) is 0 Å². The second-order valence-corrected chi connectivity index (χ2v) is 6.73. The van der Waals surface area contributed by atoms with Gasteiger partial charge in [-0.2, -0.15) is 0 Å². The fourth-order valence-corrected chi connectivity index (χ4v) is 2.83. The van der Waals surface area contributed by atoms with E-state index in [1.54, 1.807) is 0 Å². The van der Waals surface area contributed by atoms with Crippen molar-refractivity contribution < 1.29 is 8.42 Å². The molecule has 1 N–H and O–H groups in total. The van der Waals surface area contributed by atoms with Gasteiger partial charge in [0.2, 0.25) is 0 Å². The van der Waals surface area contributed by atoms with Crippen LogP contribution in [0, 0.1) is 0 Å². The first-order valence-corrected chi connectivity index (χ1v) is 7.63. The van der Waals surface area contributed by atoms with Crippen LogP contribution in [0.2, 0.25) is 0 Å². The molecule has 0 saturated carbocycles. The summed E-state index contributed by atoms with van der Waals surface area (Å²) in [4.78, 5) is 0. The van der Waals surface area contributed by atoms with Crippen LogP contribution >= 0.6 is 0 Å². The van der Waals surface area contributed by atoms with E-state index in [0.717, 1.165) is 19.3 Å². The average Bonchev–Trinajstić information content (AvgIpc) is 2.57. The standard InChI is InChI=1S/C12H17NO2S/c1-16(14,15)8-4-6-11-9-10-5-2-3-7-12(10)13-11/h2-3,5,7,11,13H,4,6,8-9H2,1H3. The van der Waals surface area contributed by atoms with Crippen molar-refractivity contribution >= 4 is 15.5 Å². The summed E-state index contributed by atoms with van der Waals surface area (Å²) in [5, 5.41) is 3.43. The number of hydrogen-bond donors (Lipinski definition) is 1. The normalized spacial score (nSPS) is 19.2. The number of sulfone groups is 1. The molecule has 3 nitrogen and oxygen atoms in total. The number of rotatable bonds is 4. The molecule has 0 spiro atoms. The van der Waals surface area contributed by atoms with Crippen molar-refractivity contribution in [3.05, 3.63) is 29.8 Å². The summed E-state index contributed by atoms with van der Waals surface area (Å²) < 4.78 is 22.0. The number of hydrogen-bond acceptors (Lipinski definition) is 3. The fourth-order valence-electron chi connectivity index (χ4n) is 2.14. The number of nitrogens with one attached hydrogen (secondary N) is 1. The Morgan fingerprint density at radius 3 is 2.81 bits per heavy atom. The van der Waals surface area contributed by atoms with E-state index in [-0.39, 0.29) is 0 Å². The van der Waals surface area contributed by atoms with Crippen LogP contribution in [-0.4, -0.2) is 26.5 Å². The molecule has 1 aliphatic rings. The summed E-state index contributed by atoms with van der Waals surface area (Å²) >= 11 is 0. The maximum Gasteiger partial charge on any atom is 0.147 e. The van der Waals surface area contributed by atoms with Gasteiger partial charge < -0.3 is 5.32 Å². The molecule has 0 radical (unpaired) electrons. The molecule has 1 aliphatic heterocycles. The van der Waals surface area contributed by atoms with Gasteiger partial charge in [0.25, 0.3) is 0 Å². The molecule has 2 rings (SSSR count). The Morgan fingerprint density at radius 1 is 1.38 bits per heavy atom. The van der Waals surface area contributed by atoms with Crippen molar-refractivity contribution in [2.45, 2.75) is 25.3 Å². The van der Waals surface area contributed by atoms with Crippen LogP contribution in [-0.2, 0) is 16.3 Å². The van der Waals surface area contributed by atoms with Gasteiger partial charge in [0.1, 0.15) is 9.84 Å². The molecule has 0 amide bonds. The zero-order chi connectivity index (χ0) is 11.6. The third-order valence-electron chi connectivity index (χ3n) is 2.91. The molecule has 1 unspecified atom stereocenters. The van der Waals surface area contributed by atoms with E-state index >= 15 is 0 Å². The average molecular weight is 239 g/mol. The van der Waals surface area contributed by atoms with Crippen LogP contribution in [0.1, 0.15) is 18.4 Å². The van der Waals surface area contributed by atoms with Gasteiger partial charge in [-0.05, 0) is 30.9 Å². The van der Waals surface area contributed by atoms with Gasteiger partial charge in [0.05, 0.1) is 0 Å². The van der Waals surface area contributed by atoms with E-state index in [1.807, 2.05) is 12.1 Å². The van der Waals surface area contributed by atoms with Gasteiger partial charge in [-0.15, -0.1) is 0 Å². The molecule has 88 valence electrons. The predicted molar refractivity (Wildman–Crippen MR) is 66.5 cm³/mol. The van der Waals surface area contributed by atoms with E-state index < -0.39 is 9.84 Å². The maximum absolute atomic E-state index is 11.0. The number of fused-ring (bicyclic) bond motifs is 1. The summed E-state index contributed by atoms with van der Waals surface area (Å²) in [6.45, 7) is 0.